The number of carbonyl (C=O) groups excluding carboxylic acids is 2. The van der Waals surface area contributed by atoms with Gasteiger partial charge in [0.25, 0.3) is 0 Å². The Labute approximate surface area is 136 Å². The number of ether oxygens (including phenoxy) is 3. The van der Waals surface area contributed by atoms with Crippen LogP contribution in [0.4, 0.5) is 0 Å². The Morgan fingerprint density at radius 1 is 1.26 bits per heavy atom. The molecule has 0 bridgehead atoms. The van der Waals surface area contributed by atoms with E-state index in [0.29, 0.717) is 31.9 Å². The first-order valence-corrected chi connectivity index (χ1v) is 7.91. The van der Waals surface area contributed by atoms with Crippen molar-refractivity contribution in [1.82, 2.24) is 5.32 Å². The number of benzene rings is 1. The van der Waals surface area contributed by atoms with Gasteiger partial charge in [0.05, 0.1) is 44.0 Å². The molecule has 1 N–H and O–H groups in total. The summed E-state index contributed by atoms with van der Waals surface area (Å²) in [5.74, 6) is -0.576. The van der Waals surface area contributed by atoms with E-state index >= 15 is 0 Å². The summed E-state index contributed by atoms with van der Waals surface area (Å²) in [4.78, 5) is 23.3. The van der Waals surface area contributed by atoms with E-state index in [1.54, 1.807) is 19.9 Å². The van der Waals surface area contributed by atoms with E-state index in [1.165, 1.54) is 0 Å². The number of hydrogen-bond donors (Lipinski definition) is 1. The molecule has 6 nitrogen and oxygen atoms in total. The van der Waals surface area contributed by atoms with E-state index < -0.39 is 0 Å². The predicted octanol–water partition coefficient (Wildman–Crippen LogP) is 1.85. The van der Waals surface area contributed by atoms with Gasteiger partial charge in [0.2, 0.25) is 0 Å². The Kier molecular flexibility index (Phi) is 6.55. The molecule has 1 saturated heterocycles. The molecule has 1 aromatic rings. The number of rotatable bonds is 6. The molecule has 1 heterocycles. The van der Waals surface area contributed by atoms with Crippen molar-refractivity contribution in [3.63, 3.8) is 0 Å². The SMILES string of the molecule is CCOC(=O)CC1CNC(c2cccc(C(=O)OCC)c2)CO1. The molecule has 23 heavy (non-hydrogen) atoms. The van der Waals surface area contributed by atoms with Crippen LogP contribution in [0.2, 0.25) is 0 Å². The molecular weight excluding hydrogens is 298 g/mol. The molecular formula is C17H23NO5. The molecule has 1 aliphatic rings. The minimum Gasteiger partial charge on any atom is -0.466 e. The van der Waals surface area contributed by atoms with Gasteiger partial charge in [0.15, 0.2) is 0 Å². The smallest absolute Gasteiger partial charge is 0.338 e. The fourth-order valence-corrected chi connectivity index (χ4v) is 2.47. The van der Waals surface area contributed by atoms with Crippen molar-refractivity contribution >= 4 is 11.9 Å². The average molecular weight is 321 g/mol. The topological polar surface area (TPSA) is 73.9 Å². The summed E-state index contributed by atoms with van der Waals surface area (Å²) in [5.41, 5.74) is 1.49. The van der Waals surface area contributed by atoms with Gasteiger partial charge < -0.3 is 19.5 Å². The largest absolute Gasteiger partial charge is 0.466 e. The lowest BCUT2D eigenvalue weighted by atomic mass is 10.0. The first-order chi connectivity index (χ1) is 11.1. The van der Waals surface area contributed by atoms with Crippen LogP contribution >= 0.6 is 0 Å². The molecule has 0 aromatic heterocycles. The van der Waals surface area contributed by atoms with Crippen LogP contribution in [0.5, 0.6) is 0 Å². The van der Waals surface area contributed by atoms with Crippen LogP contribution < -0.4 is 5.32 Å². The van der Waals surface area contributed by atoms with Crippen molar-refractivity contribution < 1.29 is 23.8 Å². The molecule has 2 unspecified atom stereocenters. The standard InChI is InChI=1S/C17H23NO5/c1-3-21-16(19)9-14-10-18-15(11-23-14)12-6-5-7-13(8-12)17(20)22-4-2/h5-8,14-15,18H,3-4,9-11H2,1-2H3. The Bertz CT molecular complexity index is 538. The third-order valence-corrected chi connectivity index (χ3v) is 3.59. The van der Waals surface area contributed by atoms with E-state index in [2.05, 4.69) is 5.32 Å². The Morgan fingerprint density at radius 2 is 2.04 bits per heavy atom. The molecule has 126 valence electrons. The van der Waals surface area contributed by atoms with Gasteiger partial charge in [-0.15, -0.1) is 0 Å². The monoisotopic (exact) mass is 321 g/mol. The molecule has 2 rings (SSSR count). The number of nitrogens with one attached hydrogen (secondary N) is 1. The van der Waals surface area contributed by atoms with Gasteiger partial charge >= 0.3 is 11.9 Å². The van der Waals surface area contributed by atoms with Crippen LogP contribution in [0.1, 0.15) is 42.2 Å². The number of esters is 2. The third-order valence-electron chi connectivity index (χ3n) is 3.59. The van der Waals surface area contributed by atoms with Crippen LogP contribution in [0, 0.1) is 0 Å². The summed E-state index contributed by atoms with van der Waals surface area (Å²) in [5, 5.41) is 3.35. The summed E-state index contributed by atoms with van der Waals surface area (Å²) < 4.78 is 15.7. The molecule has 0 spiro atoms. The van der Waals surface area contributed by atoms with E-state index in [-0.39, 0.29) is 30.5 Å². The fraction of sp³-hybridized carbons (Fsp3) is 0.529. The number of carbonyl (C=O) groups is 2. The van der Waals surface area contributed by atoms with E-state index in [1.807, 2.05) is 18.2 Å². The zero-order valence-corrected chi connectivity index (χ0v) is 13.5. The second-order valence-corrected chi connectivity index (χ2v) is 5.27. The van der Waals surface area contributed by atoms with Gasteiger partial charge in [0, 0.05) is 6.54 Å². The average Bonchev–Trinajstić information content (AvgIpc) is 2.56. The predicted molar refractivity (Wildman–Crippen MR) is 84.1 cm³/mol. The lowest BCUT2D eigenvalue weighted by Crippen LogP contribution is -2.42. The second-order valence-electron chi connectivity index (χ2n) is 5.27. The molecule has 1 aliphatic heterocycles. The first-order valence-electron chi connectivity index (χ1n) is 7.91. The highest BCUT2D eigenvalue weighted by atomic mass is 16.5. The minimum atomic E-state index is -0.328. The third kappa shape index (κ3) is 5.04. The first kappa shape index (κ1) is 17.4. The molecule has 0 aliphatic carbocycles. The number of hydrogen-bond acceptors (Lipinski definition) is 6. The van der Waals surface area contributed by atoms with E-state index in [4.69, 9.17) is 14.2 Å². The van der Waals surface area contributed by atoms with Crippen molar-refractivity contribution in [1.29, 1.82) is 0 Å². The van der Waals surface area contributed by atoms with Crippen molar-refractivity contribution in [2.45, 2.75) is 32.4 Å². The van der Waals surface area contributed by atoms with Crippen molar-refractivity contribution in [2.24, 2.45) is 0 Å². The molecule has 0 radical (unpaired) electrons. The normalized spacial score (nSPS) is 20.8. The maximum absolute atomic E-state index is 11.8. The van der Waals surface area contributed by atoms with E-state index in [9.17, 15) is 9.59 Å². The highest BCUT2D eigenvalue weighted by Crippen LogP contribution is 2.20. The minimum absolute atomic E-state index is 0.0113. The molecule has 0 amide bonds. The van der Waals surface area contributed by atoms with Gasteiger partial charge in [-0.05, 0) is 31.5 Å². The van der Waals surface area contributed by atoms with Gasteiger partial charge in [-0.1, -0.05) is 12.1 Å². The Morgan fingerprint density at radius 3 is 2.70 bits per heavy atom. The summed E-state index contributed by atoms with van der Waals surface area (Å²) in [6.07, 6.45) is 0.0645. The van der Waals surface area contributed by atoms with Gasteiger partial charge in [-0.2, -0.15) is 0 Å². The molecule has 1 fully saturated rings. The van der Waals surface area contributed by atoms with Gasteiger partial charge in [0.1, 0.15) is 0 Å². The zero-order valence-electron chi connectivity index (χ0n) is 13.5. The van der Waals surface area contributed by atoms with Crippen LogP contribution in [-0.4, -0.2) is 44.4 Å². The van der Waals surface area contributed by atoms with Crippen LogP contribution in [0.15, 0.2) is 24.3 Å². The number of morpholine rings is 1. The lowest BCUT2D eigenvalue weighted by Gasteiger charge is -2.30. The summed E-state index contributed by atoms with van der Waals surface area (Å²) in [7, 11) is 0. The summed E-state index contributed by atoms with van der Waals surface area (Å²) >= 11 is 0. The lowest BCUT2D eigenvalue weighted by molar-refractivity contribution is -0.147. The maximum Gasteiger partial charge on any atom is 0.338 e. The zero-order chi connectivity index (χ0) is 16.7. The quantitative estimate of drug-likeness (QED) is 0.806. The maximum atomic E-state index is 11.8. The molecule has 2 atom stereocenters. The van der Waals surface area contributed by atoms with Crippen molar-refractivity contribution in [3.05, 3.63) is 35.4 Å². The fourth-order valence-electron chi connectivity index (χ4n) is 2.47. The Hall–Kier alpha value is -1.92. The van der Waals surface area contributed by atoms with Crippen LogP contribution in [-0.2, 0) is 19.0 Å². The Balaban J connectivity index is 1.91. The van der Waals surface area contributed by atoms with E-state index in [0.717, 1.165) is 5.56 Å². The molecule has 1 aromatic carbocycles. The molecule has 0 saturated carbocycles. The summed E-state index contributed by atoms with van der Waals surface area (Å²) in [6.45, 7) is 5.29. The highest BCUT2D eigenvalue weighted by molar-refractivity contribution is 5.89. The van der Waals surface area contributed by atoms with Crippen molar-refractivity contribution in [2.75, 3.05) is 26.4 Å². The van der Waals surface area contributed by atoms with Crippen molar-refractivity contribution in [3.8, 4) is 0 Å². The summed E-state index contributed by atoms with van der Waals surface area (Å²) in [6, 6.07) is 7.30. The second kappa shape index (κ2) is 8.64. The van der Waals surface area contributed by atoms with Gasteiger partial charge in [-0.25, -0.2) is 4.79 Å². The highest BCUT2D eigenvalue weighted by Gasteiger charge is 2.25. The van der Waals surface area contributed by atoms with Crippen LogP contribution in [0.3, 0.4) is 0 Å². The van der Waals surface area contributed by atoms with Gasteiger partial charge in [-0.3, -0.25) is 4.79 Å². The van der Waals surface area contributed by atoms with Crippen LogP contribution in [0.25, 0.3) is 0 Å². The molecule has 6 heteroatoms.